The predicted octanol–water partition coefficient (Wildman–Crippen LogP) is 5.77. The zero-order valence-electron chi connectivity index (χ0n) is 22.5. The van der Waals surface area contributed by atoms with Crippen LogP contribution in [0.25, 0.3) is 11.1 Å². The van der Waals surface area contributed by atoms with Crippen LogP contribution in [0.15, 0.2) is 47.8 Å². The number of pyridine rings is 1. The van der Waals surface area contributed by atoms with Crippen LogP contribution in [0, 0.1) is 33.1 Å². The van der Waals surface area contributed by atoms with E-state index in [1.165, 1.54) is 12.1 Å². The number of benzene rings is 1. The number of terminal acetylenes is 1. The summed E-state index contributed by atoms with van der Waals surface area (Å²) in [5.41, 5.74) is 7.38. The zero-order valence-corrected chi connectivity index (χ0v) is 23.3. The van der Waals surface area contributed by atoms with Crippen LogP contribution in [0.3, 0.4) is 0 Å². The molecule has 0 bridgehead atoms. The Morgan fingerprint density at radius 2 is 1.82 bits per heavy atom. The van der Waals surface area contributed by atoms with Gasteiger partial charge in [-0.2, -0.15) is 17.9 Å². The standard InChI is InChI=1S/C29H31F3N4O2S/c1-7-22-14-27(19(4)13-18(22)3)25(8-2)26(11-9-23-16-33-15-20(5)35-23)28-12-10-24(17-34-28)39(37,38)36-21(6)29(30,31)32/h2,10,12-17,21,36H,7,9,11H2,1,3-6H3. The average molecular weight is 557 g/mol. The van der Waals surface area contributed by atoms with E-state index >= 15 is 0 Å². The highest BCUT2D eigenvalue weighted by molar-refractivity contribution is 7.89. The Labute approximate surface area is 227 Å². The monoisotopic (exact) mass is 556 g/mol. The van der Waals surface area contributed by atoms with E-state index in [9.17, 15) is 21.6 Å². The van der Waals surface area contributed by atoms with Crippen LogP contribution in [-0.4, -0.2) is 35.6 Å². The Bertz CT molecular complexity index is 1520. The predicted molar refractivity (Wildman–Crippen MR) is 146 cm³/mol. The molecule has 2 heterocycles. The molecule has 0 aliphatic carbocycles. The van der Waals surface area contributed by atoms with Gasteiger partial charge in [0.1, 0.15) is 10.9 Å². The molecule has 0 aliphatic heterocycles. The minimum absolute atomic E-state index is 0.381. The lowest BCUT2D eigenvalue weighted by Gasteiger charge is -2.18. The molecule has 206 valence electrons. The first kappa shape index (κ1) is 30.0. The van der Waals surface area contributed by atoms with Crippen LogP contribution in [0.1, 0.15) is 59.6 Å². The van der Waals surface area contributed by atoms with Gasteiger partial charge in [0, 0.05) is 24.2 Å². The smallest absolute Gasteiger partial charge is 0.261 e. The van der Waals surface area contributed by atoms with Crippen LogP contribution in [0.5, 0.6) is 0 Å². The molecule has 1 N–H and O–H groups in total. The first-order valence-corrected chi connectivity index (χ1v) is 13.9. The van der Waals surface area contributed by atoms with Crippen molar-refractivity contribution >= 4 is 21.2 Å². The Kier molecular flexibility index (Phi) is 9.30. The highest BCUT2D eigenvalue weighted by atomic mass is 32.2. The van der Waals surface area contributed by atoms with Crippen molar-refractivity contribution in [3.63, 3.8) is 0 Å². The number of nitrogens with one attached hydrogen (secondary N) is 1. The van der Waals surface area contributed by atoms with Gasteiger partial charge in [-0.05, 0) is 93.0 Å². The maximum Gasteiger partial charge on any atom is 0.404 e. The Morgan fingerprint density at radius 1 is 1.10 bits per heavy atom. The second kappa shape index (κ2) is 12.1. The fourth-order valence-electron chi connectivity index (χ4n) is 4.23. The van der Waals surface area contributed by atoms with Crippen LogP contribution in [0.4, 0.5) is 13.2 Å². The summed E-state index contributed by atoms with van der Waals surface area (Å²) in [7, 11) is -4.45. The molecule has 10 heteroatoms. The summed E-state index contributed by atoms with van der Waals surface area (Å²) in [5.74, 6) is 2.81. The number of allylic oxidation sites excluding steroid dienone is 2. The second-order valence-corrected chi connectivity index (χ2v) is 11.1. The number of rotatable bonds is 9. The number of halogens is 3. The molecular weight excluding hydrogens is 525 g/mol. The SMILES string of the molecule is C#CC(=C(CCc1cncc(C)n1)c1ccc(S(=O)(=O)NC(C)C(F)(F)F)cn1)c1cc(CC)c(C)cc1C. The van der Waals surface area contributed by atoms with Crippen LogP contribution >= 0.6 is 0 Å². The summed E-state index contributed by atoms with van der Waals surface area (Å²) in [6, 6.07) is 4.58. The molecule has 0 amide bonds. The number of aryl methyl sites for hydroxylation is 5. The van der Waals surface area contributed by atoms with Gasteiger partial charge in [0.25, 0.3) is 0 Å². The molecule has 1 aromatic carbocycles. The van der Waals surface area contributed by atoms with Crippen molar-refractivity contribution in [1.82, 2.24) is 19.7 Å². The van der Waals surface area contributed by atoms with Crippen LogP contribution < -0.4 is 4.72 Å². The summed E-state index contributed by atoms with van der Waals surface area (Å²) in [6.45, 7) is 8.66. The minimum Gasteiger partial charge on any atom is -0.261 e. The Hall–Kier alpha value is -3.55. The quantitative estimate of drug-likeness (QED) is 0.339. The van der Waals surface area contributed by atoms with Gasteiger partial charge in [-0.1, -0.05) is 18.9 Å². The highest BCUT2D eigenvalue weighted by Crippen LogP contribution is 2.32. The summed E-state index contributed by atoms with van der Waals surface area (Å²) >= 11 is 0. The molecule has 6 nitrogen and oxygen atoms in total. The van der Waals surface area contributed by atoms with E-state index in [2.05, 4.69) is 39.9 Å². The van der Waals surface area contributed by atoms with Crippen molar-refractivity contribution < 1.29 is 21.6 Å². The van der Waals surface area contributed by atoms with E-state index in [1.807, 2.05) is 20.8 Å². The van der Waals surface area contributed by atoms with Gasteiger partial charge in [0.15, 0.2) is 0 Å². The van der Waals surface area contributed by atoms with E-state index in [4.69, 9.17) is 6.42 Å². The average Bonchev–Trinajstić information content (AvgIpc) is 2.86. The van der Waals surface area contributed by atoms with Crippen LogP contribution in [-0.2, 0) is 22.9 Å². The largest absolute Gasteiger partial charge is 0.404 e. The molecular formula is C29H31F3N4O2S. The maximum absolute atomic E-state index is 12.9. The molecule has 1 unspecified atom stereocenters. The molecule has 39 heavy (non-hydrogen) atoms. The molecule has 3 aromatic rings. The minimum atomic E-state index is -4.72. The lowest BCUT2D eigenvalue weighted by Crippen LogP contribution is -2.42. The van der Waals surface area contributed by atoms with Crippen molar-refractivity contribution in [3.8, 4) is 12.3 Å². The molecule has 0 radical (unpaired) electrons. The molecule has 0 fully saturated rings. The molecule has 0 aliphatic rings. The number of aromatic nitrogens is 3. The van der Waals surface area contributed by atoms with Gasteiger partial charge < -0.3 is 0 Å². The topological polar surface area (TPSA) is 84.8 Å². The summed E-state index contributed by atoms with van der Waals surface area (Å²) in [6.07, 6.45) is 7.44. The highest BCUT2D eigenvalue weighted by Gasteiger charge is 2.39. The third-order valence-electron chi connectivity index (χ3n) is 6.39. The number of sulfonamides is 1. The summed E-state index contributed by atoms with van der Waals surface area (Å²) in [4.78, 5) is 12.7. The van der Waals surface area contributed by atoms with E-state index in [1.54, 1.807) is 17.1 Å². The number of nitrogens with zero attached hydrogens (tertiary/aromatic N) is 3. The van der Waals surface area contributed by atoms with Gasteiger partial charge in [-0.15, -0.1) is 6.42 Å². The fourth-order valence-corrected chi connectivity index (χ4v) is 5.40. The molecule has 1 atom stereocenters. The van der Waals surface area contributed by atoms with E-state index in [0.29, 0.717) is 29.7 Å². The van der Waals surface area contributed by atoms with Gasteiger partial charge in [0.2, 0.25) is 10.0 Å². The van der Waals surface area contributed by atoms with Gasteiger partial charge >= 0.3 is 6.18 Å². The van der Waals surface area contributed by atoms with Crippen molar-refractivity contribution in [2.75, 3.05) is 0 Å². The Balaban J connectivity index is 2.11. The molecule has 0 spiro atoms. The Morgan fingerprint density at radius 3 is 2.38 bits per heavy atom. The maximum atomic E-state index is 12.9. The third-order valence-corrected chi connectivity index (χ3v) is 7.92. The van der Waals surface area contributed by atoms with E-state index in [-0.39, 0.29) is 4.90 Å². The van der Waals surface area contributed by atoms with Crippen molar-refractivity contribution in [2.45, 2.75) is 71.0 Å². The lowest BCUT2D eigenvalue weighted by molar-refractivity contribution is -0.147. The van der Waals surface area contributed by atoms with E-state index in [0.717, 1.165) is 53.2 Å². The zero-order chi connectivity index (χ0) is 29.0. The van der Waals surface area contributed by atoms with Crippen molar-refractivity contribution in [3.05, 3.63) is 82.2 Å². The van der Waals surface area contributed by atoms with Crippen molar-refractivity contribution in [1.29, 1.82) is 0 Å². The van der Waals surface area contributed by atoms with E-state index < -0.39 is 22.2 Å². The van der Waals surface area contributed by atoms with Gasteiger partial charge in [-0.25, -0.2) is 8.42 Å². The number of hydrogen-bond acceptors (Lipinski definition) is 5. The normalized spacial score (nSPS) is 13.5. The second-order valence-electron chi connectivity index (χ2n) is 9.36. The van der Waals surface area contributed by atoms with Crippen LogP contribution in [0.2, 0.25) is 0 Å². The molecule has 0 saturated carbocycles. The first-order chi connectivity index (χ1) is 18.3. The lowest BCUT2D eigenvalue weighted by atomic mass is 9.89. The summed E-state index contributed by atoms with van der Waals surface area (Å²) in [5, 5.41) is 0. The summed E-state index contributed by atoms with van der Waals surface area (Å²) < 4.78 is 65.6. The molecule has 0 saturated heterocycles. The molecule has 3 rings (SSSR count). The number of hydrogen-bond donors (Lipinski definition) is 1. The fraction of sp³-hybridized carbons (Fsp3) is 0.345. The third kappa shape index (κ3) is 7.31. The molecule has 2 aromatic heterocycles. The van der Waals surface area contributed by atoms with Crippen molar-refractivity contribution in [2.24, 2.45) is 0 Å². The van der Waals surface area contributed by atoms with Gasteiger partial charge in [0.05, 0.1) is 17.1 Å². The first-order valence-electron chi connectivity index (χ1n) is 12.4. The number of alkyl halides is 3. The van der Waals surface area contributed by atoms with Gasteiger partial charge in [-0.3, -0.25) is 15.0 Å².